The van der Waals surface area contributed by atoms with Crippen LogP contribution in [-0.2, 0) is 14.3 Å². The standard InChI is InChI=1S/C11H20F2O3/c1-5-10(2,3)9(14)16-7-6-15-8-11(4,12)13/h5-8H2,1-4H3. The van der Waals surface area contributed by atoms with Crippen molar-refractivity contribution in [2.75, 3.05) is 19.8 Å². The molecule has 0 unspecified atom stereocenters. The molecule has 0 saturated carbocycles. The average molecular weight is 238 g/mol. The molecule has 96 valence electrons. The van der Waals surface area contributed by atoms with Gasteiger partial charge in [-0.2, -0.15) is 0 Å². The van der Waals surface area contributed by atoms with E-state index in [1.807, 2.05) is 6.92 Å². The molecule has 0 N–H and O–H groups in total. The van der Waals surface area contributed by atoms with Gasteiger partial charge in [0.1, 0.15) is 13.2 Å². The van der Waals surface area contributed by atoms with Gasteiger partial charge >= 0.3 is 5.97 Å². The van der Waals surface area contributed by atoms with Crippen LogP contribution in [0.5, 0.6) is 0 Å². The molecule has 0 aliphatic carbocycles. The van der Waals surface area contributed by atoms with E-state index >= 15 is 0 Å². The number of rotatable bonds is 7. The van der Waals surface area contributed by atoms with Gasteiger partial charge in [0.15, 0.2) is 0 Å². The Balaban J connectivity index is 3.64. The smallest absolute Gasteiger partial charge is 0.311 e. The SMILES string of the molecule is CCC(C)(C)C(=O)OCCOCC(C)(F)F. The maximum Gasteiger partial charge on any atom is 0.311 e. The fourth-order valence-corrected chi connectivity index (χ4v) is 0.784. The molecule has 0 aliphatic rings. The number of ether oxygens (including phenoxy) is 2. The van der Waals surface area contributed by atoms with Crippen LogP contribution >= 0.6 is 0 Å². The van der Waals surface area contributed by atoms with Crippen molar-refractivity contribution in [3.63, 3.8) is 0 Å². The third kappa shape index (κ3) is 6.71. The number of hydrogen-bond donors (Lipinski definition) is 0. The van der Waals surface area contributed by atoms with Crippen LogP contribution in [0.25, 0.3) is 0 Å². The zero-order valence-electron chi connectivity index (χ0n) is 10.3. The largest absolute Gasteiger partial charge is 0.463 e. The van der Waals surface area contributed by atoms with Gasteiger partial charge in [0.05, 0.1) is 12.0 Å². The van der Waals surface area contributed by atoms with E-state index in [1.165, 1.54) is 0 Å². The highest BCUT2D eigenvalue weighted by Crippen LogP contribution is 2.21. The van der Waals surface area contributed by atoms with E-state index in [0.717, 1.165) is 6.92 Å². The summed E-state index contributed by atoms with van der Waals surface area (Å²) in [6, 6.07) is 0. The molecule has 0 spiro atoms. The van der Waals surface area contributed by atoms with Crippen LogP contribution in [0, 0.1) is 5.41 Å². The highest BCUT2D eigenvalue weighted by Gasteiger charge is 2.27. The molecule has 0 radical (unpaired) electrons. The molecule has 0 amide bonds. The lowest BCUT2D eigenvalue weighted by Crippen LogP contribution is -2.27. The van der Waals surface area contributed by atoms with E-state index < -0.39 is 17.9 Å². The zero-order valence-corrected chi connectivity index (χ0v) is 10.3. The van der Waals surface area contributed by atoms with Crippen LogP contribution < -0.4 is 0 Å². The summed E-state index contributed by atoms with van der Waals surface area (Å²) in [5.74, 6) is -3.17. The fourth-order valence-electron chi connectivity index (χ4n) is 0.784. The summed E-state index contributed by atoms with van der Waals surface area (Å²) in [6.07, 6.45) is 0.666. The Morgan fingerprint density at radius 1 is 1.19 bits per heavy atom. The fraction of sp³-hybridized carbons (Fsp3) is 0.909. The van der Waals surface area contributed by atoms with Gasteiger partial charge in [0, 0.05) is 6.92 Å². The molecule has 3 nitrogen and oxygen atoms in total. The Labute approximate surface area is 95.1 Å². The van der Waals surface area contributed by atoms with Crippen molar-refractivity contribution in [2.45, 2.75) is 40.0 Å². The minimum atomic E-state index is -2.84. The lowest BCUT2D eigenvalue weighted by Gasteiger charge is -2.20. The van der Waals surface area contributed by atoms with Crippen LogP contribution in [0.3, 0.4) is 0 Å². The summed E-state index contributed by atoms with van der Waals surface area (Å²) < 4.78 is 34.2. The molecular weight excluding hydrogens is 218 g/mol. The Morgan fingerprint density at radius 3 is 2.19 bits per heavy atom. The molecule has 5 heteroatoms. The molecule has 0 aromatic heterocycles. The second kappa shape index (κ2) is 6.13. The second-order valence-electron chi connectivity index (χ2n) is 4.50. The first kappa shape index (κ1) is 15.3. The third-order valence-electron chi connectivity index (χ3n) is 2.25. The van der Waals surface area contributed by atoms with Crippen LogP contribution in [-0.4, -0.2) is 31.7 Å². The molecular formula is C11H20F2O3. The molecule has 16 heavy (non-hydrogen) atoms. The summed E-state index contributed by atoms with van der Waals surface area (Å²) in [6.45, 7) is 5.57. The van der Waals surface area contributed by atoms with Gasteiger partial charge in [0.2, 0.25) is 0 Å². The van der Waals surface area contributed by atoms with Crippen LogP contribution in [0.4, 0.5) is 8.78 Å². The van der Waals surface area contributed by atoms with E-state index in [4.69, 9.17) is 4.74 Å². The predicted molar refractivity (Wildman–Crippen MR) is 56.5 cm³/mol. The topological polar surface area (TPSA) is 35.5 Å². The van der Waals surface area contributed by atoms with E-state index in [-0.39, 0.29) is 19.2 Å². The van der Waals surface area contributed by atoms with E-state index in [2.05, 4.69) is 4.74 Å². The van der Waals surface area contributed by atoms with Crippen molar-refractivity contribution in [3.8, 4) is 0 Å². The Hall–Kier alpha value is -0.710. The second-order valence-corrected chi connectivity index (χ2v) is 4.50. The van der Waals surface area contributed by atoms with Crippen molar-refractivity contribution in [1.29, 1.82) is 0 Å². The lowest BCUT2D eigenvalue weighted by molar-refractivity contribution is -0.156. The number of hydrogen-bond acceptors (Lipinski definition) is 3. The molecule has 0 aromatic carbocycles. The number of carbonyl (C=O) groups excluding carboxylic acids is 1. The Morgan fingerprint density at radius 2 is 1.75 bits per heavy atom. The van der Waals surface area contributed by atoms with Crippen molar-refractivity contribution in [1.82, 2.24) is 0 Å². The van der Waals surface area contributed by atoms with E-state index in [9.17, 15) is 13.6 Å². The van der Waals surface area contributed by atoms with Crippen LogP contribution in [0.1, 0.15) is 34.1 Å². The minimum absolute atomic E-state index is 0.00500. The maximum absolute atomic E-state index is 12.3. The van der Waals surface area contributed by atoms with Gasteiger partial charge in [-0.3, -0.25) is 4.79 Å². The highest BCUT2D eigenvalue weighted by atomic mass is 19.3. The van der Waals surface area contributed by atoms with Crippen molar-refractivity contribution in [2.24, 2.45) is 5.41 Å². The molecule has 0 fully saturated rings. The first-order valence-electron chi connectivity index (χ1n) is 5.32. The summed E-state index contributed by atoms with van der Waals surface area (Å²) in [5, 5.41) is 0. The summed E-state index contributed by atoms with van der Waals surface area (Å²) >= 11 is 0. The molecule has 0 aromatic rings. The normalized spacial score (nSPS) is 12.6. The molecule has 0 atom stereocenters. The average Bonchev–Trinajstić information content (AvgIpc) is 2.15. The van der Waals surface area contributed by atoms with Crippen molar-refractivity contribution in [3.05, 3.63) is 0 Å². The Bertz CT molecular complexity index is 222. The van der Waals surface area contributed by atoms with Gasteiger partial charge in [-0.1, -0.05) is 6.92 Å². The van der Waals surface area contributed by atoms with Crippen molar-refractivity contribution < 1.29 is 23.0 Å². The highest BCUT2D eigenvalue weighted by molar-refractivity contribution is 5.75. The van der Waals surface area contributed by atoms with E-state index in [1.54, 1.807) is 13.8 Å². The minimum Gasteiger partial charge on any atom is -0.463 e. The third-order valence-corrected chi connectivity index (χ3v) is 2.25. The van der Waals surface area contributed by atoms with Crippen molar-refractivity contribution >= 4 is 5.97 Å². The monoisotopic (exact) mass is 238 g/mol. The lowest BCUT2D eigenvalue weighted by atomic mass is 9.91. The van der Waals surface area contributed by atoms with Gasteiger partial charge < -0.3 is 9.47 Å². The van der Waals surface area contributed by atoms with Gasteiger partial charge in [0.25, 0.3) is 5.92 Å². The van der Waals surface area contributed by atoms with Crippen LogP contribution in [0.2, 0.25) is 0 Å². The summed E-state index contributed by atoms with van der Waals surface area (Å²) in [4.78, 5) is 11.4. The quantitative estimate of drug-likeness (QED) is 0.505. The molecule has 0 bridgehead atoms. The molecule has 0 heterocycles. The molecule has 0 saturated heterocycles. The first-order valence-corrected chi connectivity index (χ1v) is 5.32. The maximum atomic E-state index is 12.3. The van der Waals surface area contributed by atoms with Gasteiger partial charge in [-0.05, 0) is 20.3 Å². The zero-order chi connectivity index (χ0) is 12.8. The van der Waals surface area contributed by atoms with Gasteiger partial charge in [-0.25, -0.2) is 8.78 Å². The number of esters is 1. The Kier molecular flexibility index (Phi) is 5.86. The predicted octanol–water partition coefficient (Wildman–Crippen LogP) is 2.64. The molecule has 0 rings (SSSR count). The summed E-state index contributed by atoms with van der Waals surface area (Å²) in [5.41, 5.74) is -0.533. The molecule has 0 aliphatic heterocycles. The summed E-state index contributed by atoms with van der Waals surface area (Å²) in [7, 11) is 0. The van der Waals surface area contributed by atoms with E-state index in [0.29, 0.717) is 6.42 Å². The van der Waals surface area contributed by atoms with Gasteiger partial charge in [-0.15, -0.1) is 0 Å². The van der Waals surface area contributed by atoms with Crippen LogP contribution in [0.15, 0.2) is 0 Å². The first-order chi connectivity index (χ1) is 7.19. The number of alkyl halides is 2. The number of carbonyl (C=O) groups is 1. The number of halogens is 2.